The van der Waals surface area contributed by atoms with Gasteiger partial charge in [0.25, 0.3) is 0 Å². The van der Waals surface area contributed by atoms with Gasteiger partial charge in [-0.25, -0.2) is 0 Å². The molecule has 2 aromatic rings. The van der Waals surface area contributed by atoms with E-state index < -0.39 is 0 Å². The smallest absolute Gasteiger partial charge is 0.0342 e. The minimum Gasteiger partial charge on any atom is -0.298 e. The molecule has 2 heteroatoms. The highest BCUT2D eigenvalue weighted by Crippen LogP contribution is 2.37. The normalized spacial score (nSPS) is 20.5. The van der Waals surface area contributed by atoms with E-state index >= 15 is 0 Å². The number of hydrogen-bond donors (Lipinski definition) is 0. The summed E-state index contributed by atoms with van der Waals surface area (Å²) in [5.74, 6) is 0.671. The second kappa shape index (κ2) is 11.2. The molecule has 0 aliphatic heterocycles. The van der Waals surface area contributed by atoms with Gasteiger partial charge >= 0.3 is 0 Å². The molecule has 2 aromatic carbocycles. The lowest BCUT2D eigenvalue weighted by Crippen LogP contribution is -2.41. The number of alkyl halides is 1. The highest BCUT2D eigenvalue weighted by Gasteiger charge is 2.24. The Bertz CT molecular complexity index is 709. The number of aryl methyl sites for hydroxylation is 1. The van der Waals surface area contributed by atoms with Crippen molar-refractivity contribution < 1.29 is 0 Å². The lowest BCUT2D eigenvalue weighted by atomic mass is 9.94. The summed E-state index contributed by atoms with van der Waals surface area (Å²) in [5, 5.41) is 0.378. The molecule has 3 rings (SSSR count). The van der Waals surface area contributed by atoms with Crippen molar-refractivity contribution in [2.75, 3.05) is 6.54 Å². The number of nitrogens with zero attached hydrogens (tertiary/aromatic N) is 1. The zero-order valence-electron chi connectivity index (χ0n) is 18.5. The molecule has 3 unspecified atom stereocenters. The van der Waals surface area contributed by atoms with E-state index in [0.29, 0.717) is 23.4 Å². The van der Waals surface area contributed by atoms with Crippen LogP contribution in [0.5, 0.6) is 0 Å². The fraction of sp³-hybridized carbons (Fsp3) is 0.556. The molecule has 3 atom stereocenters. The summed E-state index contributed by atoms with van der Waals surface area (Å²) in [6.07, 6.45) is 8.30. The summed E-state index contributed by atoms with van der Waals surface area (Å²) in [6.45, 7) is 8.16. The van der Waals surface area contributed by atoms with E-state index in [1.54, 1.807) is 0 Å². The second-order valence-electron chi connectivity index (χ2n) is 9.02. The Morgan fingerprint density at radius 2 is 1.62 bits per heavy atom. The van der Waals surface area contributed by atoms with Gasteiger partial charge in [-0.15, -0.1) is 11.6 Å². The fourth-order valence-electron chi connectivity index (χ4n) is 4.89. The number of rotatable bonds is 10. The third-order valence-corrected chi connectivity index (χ3v) is 7.09. The van der Waals surface area contributed by atoms with Crippen LogP contribution in [0.1, 0.15) is 75.5 Å². The minimum absolute atomic E-state index is 0.378. The van der Waals surface area contributed by atoms with Crippen LogP contribution in [0.25, 0.3) is 0 Å². The van der Waals surface area contributed by atoms with Gasteiger partial charge in [-0.05, 0) is 81.4 Å². The molecular formula is C27H38ClN. The van der Waals surface area contributed by atoms with Gasteiger partial charge in [0.1, 0.15) is 0 Å². The van der Waals surface area contributed by atoms with Crippen molar-refractivity contribution >= 4 is 11.6 Å². The van der Waals surface area contributed by atoms with Crippen LogP contribution in [0.15, 0.2) is 54.6 Å². The summed E-state index contributed by atoms with van der Waals surface area (Å²) < 4.78 is 0. The molecule has 158 valence electrons. The lowest BCUT2D eigenvalue weighted by molar-refractivity contribution is 0.143. The number of benzene rings is 2. The van der Waals surface area contributed by atoms with Crippen LogP contribution in [-0.4, -0.2) is 28.9 Å². The highest BCUT2D eigenvalue weighted by molar-refractivity contribution is 6.20. The van der Waals surface area contributed by atoms with Crippen LogP contribution >= 0.6 is 11.6 Å². The zero-order valence-corrected chi connectivity index (χ0v) is 19.2. The van der Waals surface area contributed by atoms with E-state index in [1.165, 1.54) is 42.4 Å². The summed E-state index contributed by atoms with van der Waals surface area (Å²) in [7, 11) is 0. The maximum absolute atomic E-state index is 6.30. The molecule has 1 aliphatic carbocycles. The van der Waals surface area contributed by atoms with Crippen molar-refractivity contribution in [1.29, 1.82) is 0 Å². The van der Waals surface area contributed by atoms with E-state index in [1.807, 2.05) is 0 Å². The molecule has 0 radical (unpaired) electrons. The third kappa shape index (κ3) is 6.59. The van der Waals surface area contributed by atoms with Crippen molar-refractivity contribution in [3.63, 3.8) is 0 Å². The Morgan fingerprint density at radius 1 is 0.931 bits per heavy atom. The topological polar surface area (TPSA) is 3.24 Å². The maximum atomic E-state index is 6.30. The predicted octanol–water partition coefficient (Wildman–Crippen LogP) is 7.23. The average molecular weight is 412 g/mol. The monoisotopic (exact) mass is 411 g/mol. The largest absolute Gasteiger partial charge is 0.298 e. The van der Waals surface area contributed by atoms with Crippen LogP contribution in [0.4, 0.5) is 0 Å². The van der Waals surface area contributed by atoms with Crippen molar-refractivity contribution in [1.82, 2.24) is 4.90 Å². The van der Waals surface area contributed by atoms with Crippen molar-refractivity contribution in [3.8, 4) is 0 Å². The molecular weight excluding hydrogens is 374 g/mol. The molecule has 0 spiro atoms. The van der Waals surface area contributed by atoms with Gasteiger partial charge in [0, 0.05) is 24.0 Å². The van der Waals surface area contributed by atoms with Crippen molar-refractivity contribution in [2.45, 2.75) is 89.1 Å². The maximum Gasteiger partial charge on any atom is 0.0342 e. The van der Waals surface area contributed by atoms with Gasteiger partial charge in [0.2, 0.25) is 0 Å². The van der Waals surface area contributed by atoms with E-state index in [0.717, 1.165) is 25.8 Å². The predicted molar refractivity (Wildman–Crippen MR) is 127 cm³/mol. The molecule has 1 fully saturated rings. The highest BCUT2D eigenvalue weighted by atomic mass is 35.5. The molecule has 0 bridgehead atoms. The van der Waals surface area contributed by atoms with Crippen LogP contribution in [-0.2, 0) is 12.8 Å². The minimum atomic E-state index is 0.378. The standard InChI is InChI=1S/C27H38ClN/c1-4-27(29(21(2)3)19-18-22-8-6-5-7-9-22)17-12-23-10-13-24(14-11-23)25-15-16-26(28)20-25/h5-11,13-14,21,25-27H,4,12,15-20H2,1-3H3. The Labute approximate surface area is 183 Å². The van der Waals surface area contributed by atoms with Gasteiger partial charge in [-0.3, -0.25) is 4.90 Å². The fourth-order valence-corrected chi connectivity index (χ4v) is 5.23. The van der Waals surface area contributed by atoms with Gasteiger partial charge in [-0.2, -0.15) is 0 Å². The Hall–Kier alpha value is -1.31. The van der Waals surface area contributed by atoms with Crippen molar-refractivity contribution in [3.05, 3.63) is 71.3 Å². The van der Waals surface area contributed by atoms with Crippen LogP contribution in [0.3, 0.4) is 0 Å². The Balaban J connectivity index is 1.54. The summed E-state index contributed by atoms with van der Waals surface area (Å²) in [5.41, 5.74) is 4.39. The first-order chi connectivity index (χ1) is 14.1. The molecule has 1 aliphatic rings. The average Bonchev–Trinajstić information content (AvgIpc) is 3.17. The summed E-state index contributed by atoms with van der Waals surface area (Å²) in [6, 6.07) is 21.5. The molecule has 0 aromatic heterocycles. The van der Waals surface area contributed by atoms with E-state index in [2.05, 4.69) is 80.3 Å². The number of halogens is 1. The molecule has 0 amide bonds. The first-order valence-electron chi connectivity index (χ1n) is 11.6. The second-order valence-corrected chi connectivity index (χ2v) is 9.63. The summed E-state index contributed by atoms with van der Waals surface area (Å²) >= 11 is 6.30. The first kappa shape index (κ1) is 22.4. The molecule has 1 saturated carbocycles. The van der Waals surface area contributed by atoms with Crippen LogP contribution in [0.2, 0.25) is 0 Å². The van der Waals surface area contributed by atoms with Crippen LogP contribution < -0.4 is 0 Å². The Morgan fingerprint density at radius 3 is 2.21 bits per heavy atom. The van der Waals surface area contributed by atoms with Gasteiger partial charge in [0.15, 0.2) is 0 Å². The number of hydrogen-bond acceptors (Lipinski definition) is 1. The first-order valence-corrected chi connectivity index (χ1v) is 12.0. The van der Waals surface area contributed by atoms with Gasteiger partial charge in [-0.1, -0.05) is 61.5 Å². The zero-order chi connectivity index (χ0) is 20.6. The van der Waals surface area contributed by atoms with Gasteiger partial charge in [0.05, 0.1) is 0 Å². The van der Waals surface area contributed by atoms with E-state index in [9.17, 15) is 0 Å². The van der Waals surface area contributed by atoms with Crippen LogP contribution in [0, 0.1) is 0 Å². The molecule has 0 heterocycles. The summed E-state index contributed by atoms with van der Waals surface area (Å²) in [4.78, 5) is 2.71. The molecule has 0 N–H and O–H groups in total. The lowest BCUT2D eigenvalue weighted by Gasteiger charge is -2.35. The van der Waals surface area contributed by atoms with Crippen molar-refractivity contribution in [2.24, 2.45) is 0 Å². The molecule has 0 saturated heterocycles. The SMILES string of the molecule is CCC(CCc1ccc(C2CCC(Cl)C2)cc1)N(CCc1ccccc1)C(C)C. The van der Waals surface area contributed by atoms with E-state index in [-0.39, 0.29) is 0 Å². The molecule has 1 nitrogen and oxygen atoms in total. The van der Waals surface area contributed by atoms with E-state index in [4.69, 9.17) is 11.6 Å². The Kier molecular flexibility index (Phi) is 8.63. The molecule has 29 heavy (non-hydrogen) atoms. The van der Waals surface area contributed by atoms with Gasteiger partial charge < -0.3 is 0 Å². The third-order valence-electron chi connectivity index (χ3n) is 6.69. The quantitative estimate of drug-likeness (QED) is 0.373.